The molecule has 1 aliphatic carbocycles. The molecule has 19 nitrogen and oxygen atoms in total. The minimum Gasteiger partial charge on any atom is -0.458 e. The van der Waals surface area contributed by atoms with E-state index in [1.54, 1.807) is 44.2 Å². The molecule has 5 heterocycles. The van der Waals surface area contributed by atoms with Crippen molar-refractivity contribution in [2.24, 2.45) is 5.92 Å². The van der Waals surface area contributed by atoms with Crippen LogP contribution in [0.1, 0.15) is 116 Å². The number of carbonyl (C=O) groups is 9. The van der Waals surface area contributed by atoms with Crippen molar-refractivity contribution in [1.29, 1.82) is 0 Å². The normalized spacial score (nSPS) is 16.8. The Bertz CT molecular complexity index is 3100. The number of aromatic nitrogens is 2. The summed E-state index contributed by atoms with van der Waals surface area (Å²) in [5.41, 5.74) is 2.08. The summed E-state index contributed by atoms with van der Waals surface area (Å²) < 4.78 is 27.7. The first-order valence-electron chi connectivity index (χ1n) is 25.3. The van der Waals surface area contributed by atoms with Crippen LogP contribution in [-0.4, -0.2) is 105 Å². The number of hydrogen-bond acceptors (Lipinski definition) is 14. The molecule has 0 fully saturated rings. The van der Waals surface area contributed by atoms with E-state index >= 15 is 4.39 Å². The van der Waals surface area contributed by atoms with E-state index in [0.29, 0.717) is 71.1 Å². The number of aryl methyl sites for hydroxylation is 1. The van der Waals surface area contributed by atoms with Crippen molar-refractivity contribution in [1.82, 2.24) is 30.4 Å². The highest BCUT2D eigenvalue weighted by atomic mass is 32.1. The number of carbonyl (C=O) groups excluding carboxylic acids is 9. The lowest BCUT2D eigenvalue weighted by atomic mass is 9.81. The van der Waals surface area contributed by atoms with Gasteiger partial charge in [-0.25, -0.2) is 14.2 Å². The van der Waals surface area contributed by atoms with E-state index in [2.05, 4.69) is 16.0 Å². The monoisotopic (exact) mass is 1130 g/mol. The Labute approximate surface area is 470 Å². The fraction of sp³-hybridized carbons (Fsp3) is 0.436. The maximum Gasteiger partial charge on any atom is 0.343 e. The van der Waals surface area contributed by atoms with E-state index in [4.69, 9.17) is 14.5 Å². The van der Waals surface area contributed by atoms with E-state index < -0.39 is 70.8 Å². The number of ketones is 3. The zero-order valence-electron chi connectivity index (χ0n) is 43.4. The molecule has 0 saturated heterocycles. The number of halogens is 1. The van der Waals surface area contributed by atoms with Gasteiger partial charge in [0.2, 0.25) is 17.7 Å². The number of nitrogens with one attached hydrogen (secondary N) is 3. The summed E-state index contributed by atoms with van der Waals surface area (Å²) in [4.78, 5) is 134. The van der Waals surface area contributed by atoms with Crippen molar-refractivity contribution >= 4 is 104 Å². The molecular weight excluding hydrogens is 1070 g/mol. The predicted molar refractivity (Wildman–Crippen MR) is 298 cm³/mol. The van der Waals surface area contributed by atoms with Crippen molar-refractivity contribution in [2.45, 2.75) is 116 Å². The number of fused-ring (bicyclic) bond motifs is 5. The van der Waals surface area contributed by atoms with Gasteiger partial charge in [-0.15, -0.1) is 0 Å². The van der Waals surface area contributed by atoms with Crippen LogP contribution in [0.4, 0.5) is 4.39 Å². The number of amides is 5. The summed E-state index contributed by atoms with van der Waals surface area (Å²) in [6, 6.07) is 11.3. The van der Waals surface area contributed by atoms with Gasteiger partial charge in [-0.05, 0) is 73.8 Å². The predicted octanol–water partition coefficient (Wildman–Crippen LogP) is 3.83. The number of unbranched alkanes of at least 4 members (excludes halogenated alkanes) is 2. The third-order valence-corrected chi connectivity index (χ3v) is 14.5. The number of rotatable bonds is 25. The zero-order chi connectivity index (χ0) is 53.6. The molecule has 2 aromatic heterocycles. The summed E-state index contributed by atoms with van der Waals surface area (Å²) in [6.07, 6.45) is 4.82. The molecule has 0 radical (unpaired) electrons. The van der Waals surface area contributed by atoms with Crippen molar-refractivity contribution in [2.75, 3.05) is 32.8 Å². The molecule has 3 aliphatic heterocycles. The van der Waals surface area contributed by atoms with Crippen LogP contribution < -0.4 is 21.5 Å². The summed E-state index contributed by atoms with van der Waals surface area (Å²) in [5.74, 6) is -5.38. The van der Waals surface area contributed by atoms with Gasteiger partial charge in [0.25, 0.3) is 17.4 Å². The van der Waals surface area contributed by atoms with Crippen molar-refractivity contribution < 1.29 is 62.1 Å². The maximum absolute atomic E-state index is 15.4. The van der Waals surface area contributed by atoms with Gasteiger partial charge in [-0.3, -0.25) is 48.1 Å². The second-order valence-electron chi connectivity index (χ2n) is 19.4. The SMILES string of the molecule is CC[C@@]1(O)C(=O)OCc2c1cc1n(c2=O)Cc2c-1nc1cc(F)c(C)c3c1c2[C@@H](NC(=O)COCCC(=O)CNC(=O)[C@@H](CC(=O)CNC(=O)CCC(=O)CCCCCN1C(=O)C=CC1=O)Cc1ccccc1)CC3.S.S.S. The smallest absolute Gasteiger partial charge is 0.343 e. The van der Waals surface area contributed by atoms with Gasteiger partial charge in [0, 0.05) is 79.3 Å². The largest absolute Gasteiger partial charge is 0.458 e. The quantitative estimate of drug-likeness (QED) is 0.0368. The average Bonchev–Trinajstić information content (AvgIpc) is 4.15. The number of cyclic esters (lactones) is 1. The van der Waals surface area contributed by atoms with E-state index in [1.165, 1.54) is 22.8 Å². The van der Waals surface area contributed by atoms with Gasteiger partial charge in [-0.1, -0.05) is 43.7 Å². The van der Waals surface area contributed by atoms with Crippen LogP contribution in [-0.2, 0) is 84.2 Å². The molecule has 0 bridgehead atoms. The molecule has 78 heavy (non-hydrogen) atoms. The Morgan fingerprint density at radius 2 is 1.58 bits per heavy atom. The van der Waals surface area contributed by atoms with Crippen LogP contribution in [0.2, 0.25) is 0 Å². The van der Waals surface area contributed by atoms with Gasteiger partial charge in [0.1, 0.15) is 24.8 Å². The molecule has 2 aromatic carbocycles. The highest BCUT2D eigenvalue weighted by Crippen LogP contribution is 2.46. The number of benzene rings is 2. The number of nitrogens with zero attached hydrogens (tertiary/aromatic N) is 3. The van der Waals surface area contributed by atoms with Crippen LogP contribution in [0.5, 0.6) is 0 Å². The van der Waals surface area contributed by atoms with E-state index in [0.717, 1.165) is 16.0 Å². The molecule has 0 saturated carbocycles. The molecule has 0 spiro atoms. The molecule has 0 unspecified atom stereocenters. The zero-order valence-corrected chi connectivity index (χ0v) is 46.4. The van der Waals surface area contributed by atoms with E-state index in [1.807, 2.05) is 6.07 Å². The minimum absolute atomic E-state index is 0. The first-order chi connectivity index (χ1) is 36.0. The Kier molecular flexibility index (Phi) is 21.9. The maximum atomic E-state index is 15.4. The standard InChI is InChI=1S/C55H59FN6O13.3H2S/c1-3-55(73)40-24-44-51-38(28-62(44)53(71)39(40)29-75-54(55)72)50-42(15-14-37-31(2)41(56)25-43(60-51)49(37)50)59-46(67)30-74-21-19-35(64)26-58-52(70)33(22-32-10-6-4-7-11-32)23-36(65)27-57-45(66)16-13-34(63)12-8-5-9-20-61-47(68)17-18-48(61)69;;;/h4,6-7,10-11,17-18,24-25,33,42,73H,3,5,8-9,12-16,19-23,26-30H2,1-2H3,(H,57,66)(H,58,70)(H,59,67);3*1H2/t33-,42+,55+;;;/m1.../s1. The average molecular weight is 1130 g/mol. The van der Waals surface area contributed by atoms with Crippen LogP contribution in [0.3, 0.4) is 0 Å². The van der Waals surface area contributed by atoms with Gasteiger partial charge in [0.15, 0.2) is 17.2 Å². The van der Waals surface area contributed by atoms with Gasteiger partial charge in [0.05, 0.1) is 54.8 Å². The topological polar surface area (TPSA) is 267 Å². The first kappa shape index (κ1) is 62.3. The number of imide groups is 1. The van der Waals surface area contributed by atoms with Crippen LogP contribution in [0.25, 0.3) is 22.3 Å². The Balaban J connectivity index is 0.00000374. The van der Waals surface area contributed by atoms with Crippen LogP contribution in [0, 0.1) is 18.7 Å². The number of Topliss-reactive ketones (excluding diaryl/α,β-unsaturated/α-hetero) is 3. The summed E-state index contributed by atoms with van der Waals surface area (Å²) in [6.45, 7) is 2.03. The summed E-state index contributed by atoms with van der Waals surface area (Å²) in [7, 11) is 0. The third-order valence-electron chi connectivity index (χ3n) is 14.5. The Hall–Kier alpha value is -6.53. The lowest BCUT2D eigenvalue weighted by Crippen LogP contribution is -2.44. The summed E-state index contributed by atoms with van der Waals surface area (Å²) >= 11 is 0. The molecule has 8 rings (SSSR count). The van der Waals surface area contributed by atoms with E-state index in [9.17, 15) is 53.1 Å². The molecule has 4 aliphatic rings. The lowest BCUT2D eigenvalue weighted by molar-refractivity contribution is -0.172. The van der Waals surface area contributed by atoms with Crippen LogP contribution in [0.15, 0.2) is 59.4 Å². The molecule has 5 amide bonds. The molecule has 4 N–H and O–H groups in total. The highest BCUT2D eigenvalue weighted by molar-refractivity contribution is 7.59. The molecular formula is C55H65FN6O13S3. The fourth-order valence-corrected chi connectivity index (χ4v) is 10.3. The number of hydrogen-bond donors (Lipinski definition) is 4. The highest BCUT2D eigenvalue weighted by Gasteiger charge is 2.46. The van der Waals surface area contributed by atoms with Gasteiger partial charge in [-0.2, -0.15) is 40.5 Å². The molecule has 418 valence electrons. The molecule has 4 aromatic rings. The Morgan fingerprint density at radius 1 is 0.859 bits per heavy atom. The molecule has 3 atom stereocenters. The lowest BCUT2D eigenvalue weighted by Gasteiger charge is -2.31. The van der Waals surface area contributed by atoms with Crippen molar-refractivity contribution in [3.8, 4) is 11.4 Å². The number of ether oxygens (including phenoxy) is 2. The number of aliphatic hydroxyl groups is 1. The first-order valence-corrected chi connectivity index (χ1v) is 25.3. The number of pyridine rings is 2. The molecule has 23 heteroatoms. The van der Waals surface area contributed by atoms with Gasteiger partial charge < -0.3 is 35.1 Å². The van der Waals surface area contributed by atoms with Crippen LogP contribution >= 0.6 is 40.5 Å². The van der Waals surface area contributed by atoms with Crippen molar-refractivity contribution in [3.63, 3.8) is 0 Å². The fourth-order valence-electron chi connectivity index (χ4n) is 10.3. The second-order valence-corrected chi connectivity index (χ2v) is 19.4. The third kappa shape index (κ3) is 13.8. The summed E-state index contributed by atoms with van der Waals surface area (Å²) in [5, 5.41) is 20.2. The Morgan fingerprint density at radius 3 is 2.29 bits per heavy atom. The number of esters is 1. The second kappa shape index (κ2) is 27.4. The van der Waals surface area contributed by atoms with E-state index in [-0.39, 0.29) is 154 Å². The van der Waals surface area contributed by atoms with Crippen molar-refractivity contribution in [3.05, 3.63) is 110 Å². The van der Waals surface area contributed by atoms with Gasteiger partial charge >= 0.3 is 5.97 Å². The minimum atomic E-state index is -2.04.